The number of nitriles is 1. The van der Waals surface area contributed by atoms with Crippen molar-refractivity contribution in [1.29, 1.82) is 5.26 Å². The summed E-state index contributed by atoms with van der Waals surface area (Å²) in [4.78, 5) is 25.5. The first kappa shape index (κ1) is 27.9. The molecule has 2 unspecified atom stereocenters. The standard InChI is InChI=1S/C23H31ClF2N4O4/c1-13(2)10-18(20(32)29-15(12-27)11-14-8-9-28-19(14)31)30-21(33)23(25,26)22(3,34)16-6-4-5-7-17(16)24/h4-7,13-15,18-19,28,31,34H,8-11H2,1-3H3,(H,29,32)(H,30,33)/t14-,15-,18-,19?,22?/m0/s1. The predicted molar refractivity (Wildman–Crippen MR) is 122 cm³/mol. The van der Waals surface area contributed by atoms with E-state index in [0.29, 0.717) is 13.0 Å². The van der Waals surface area contributed by atoms with Gasteiger partial charge in [0.1, 0.15) is 18.3 Å². The van der Waals surface area contributed by atoms with Crippen LogP contribution in [0, 0.1) is 23.2 Å². The van der Waals surface area contributed by atoms with Crippen molar-refractivity contribution in [3.63, 3.8) is 0 Å². The SMILES string of the molecule is CC(C)C[C@H](NC(=O)C(F)(F)C(C)(O)c1ccccc1Cl)C(=O)N[C@H](C#N)C[C@@H]1CCNC1O. The van der Waals surface area contributed by atoms with Crippen LogP contribution in [0.5, 0.6) is 0 Å². The van der Waals surface area contributed by atoms with Crippen LogP contribution >= 0.6 is 11.6 Å². The highest BCUT2D eigenvalue weighted by Crippen LogP contribution is 2.40. The summed E-state index contributed by atoms with van der Waals surface area (Å²) in [6.07, 6.45) is -0.00115. The quantitative estimate of drug-likeness (QED) is 0.334. The Kier molecular flexibility index (Phi) is 9.37. The second kappa shape index (κ2) is 11.4. The molecule has 1 aromatic carbocycles. The molecule has 1 fully saturated rings. The molecule has 1 saturated heterocycles. The van der Waals surface area contributed by atoms with Crippen LogP contribution in [-0.4, -0.2) is 52.8 Å². The zero-order chi connectivity index (χ0) is 25.7. The minimum absolute atomic E-state index is 0.0215. The second-order valence-electron chi connectivity index (χ2n) is 9.16. The lowest BCUT2D eigenvalue weighted by molar-refractivity contribution is -0.192. The number of aliphatic hydroxyl groups excluding tert-OH is 1. The molecular weight excluding hydrogens is 470 g/mol. The van der Waals surface area contributed by atoms with Gasteiger partial charge < -0.3 is 20.8 Å². The molecule has 2 amide bonds. The normalized spacial score (nSPS) is 21.9. The maximum absolute atomic E-state index is 15.1. The largest absolute Gasteiger partial charge is 0.378 e. The van der Waals surface area contributed by atoms with E-state index in [0.717, 1.165) is 6.92 Å². The lowest BCUT2D eigenvalue weighted by atomic mass is 9.88. The van der Waals surface area contributed by atoms with Gasteiger partial charge in [0.25, 0.3) is 5.91 Å². The molecule has 0 spiro atoms. The summed E-state index contributed by atoms with van der Waals surface area (Å²) in [7, 11) is 0. The molecule has 34 heavy (non-hydrogen) atoms. The minimum atomic E-state index is -4.33. The van der Waals surface area contributed by atoms with Crippen molar-refractivity contribution >= 4 is 23.4 Å². The fourth-order valence-corrected chi connectivity index (χ4v) is 4.22. The molecule has 0 aromatic heterocycles. The zero-order valence-electron chi connectivity index (χ0n) is 19.3. The molecular formula is C23H31ClF2N4O4. The molecule has 2 rings (SSSR count). The molecule has 5 atom stereocenters. The fraction of sp³-hybridized carbons (Fsp3) is 0.609. The topological polar surface area (TPSA) is 134 Å². The molecule has 1 heterocycles. The summed E-state index contributed by atoms with van der Waals surface area (Å²) in [5, 5.41) is 37.1. The summed E-state index contributed by atoms with van der Waals surface area (Å²) in [6, 6.07) is 4.98. The minimum Gasteiger partial charge on any atom is -0.378 e. The molecule has 5 N–H and O–H groups in total. The number of aliphatic hydroxyl groups is 2. The third kappa shape index (κ3) is 6.42. The summed E-state index contributed by atoms with van der Waals surface area (Å²) < 4.78 is 30.2. The summed E-state index contributed by atoms with van der Waals surface area (Å²) in [5.41, 5.74) is -3.29. The van der Waals surface area contributed by atoms with Crippen molar-refractivity contribution in [3.8, 4) is 6.07 Å². The average molecular weight is 501 g/mol. The molecule has 1 aliphatic rings. The number of carbonyl (C=O) groups is 2. The van der Waals surface area contributed by atoms with Gasteiger partial charge in [0.05, 0.1) is 6.07 Å². The predicted octanol–water partition coefficient (Wildman–Crippen LogP) is 2.04. The van der Waals surface area contributed by atoms with Gasteiger partial charge in [-0.25, -0.2) is 0 Å². The van der Waals surface area contributed by atoms with Crippen molar-refractivity contribution in [1.82, 2.24) is 16.0 Å². The van der Waals surface area contributed by atoms with Crippen LogP contribution in [0.25, 0.3) is 0 Å². The number of hydrogen-bond acceptors (Lipinski definition) is 6. The molecule has 11 heteroatoms. The number of halogens is 3. The molecule has 8 nitrogen and oxygen atoms in total. The van der Waals surface area contributed by atoms with E-state index in [-0.39, 0.29) is 35.3 Å². The Balaban J connectivity index is 2.17. The van der Waals surface area contributed by atoms with E-state index >= 15 is 8.78 Å². The van der Waals surface area contributed by atoms with Crippen LogP contribution in [0.3, 0.4) is 0 Å². The molecule has 1 aromatic rings. The van der Waals surface area contributed by atoms with Gasteiger partial charge in [-0.2, -0.15) is 14.0 Å². The monoisotopic (exact) mass is 500 g/mol. The third-order valence-electron chi connectivity index (χ3n) is 5.95. The van der Waals surface area contributed by atoms with Gasteiger partial charge in [0.15, 0.2) is 5.60 Å². The maximum Gasteiger partial charge on any atom is 0.356 e. The summed E-state index contributed by atoms with van der Waals surface area (Å²) >= 11 is 5.96. The van der Waals surface area contributed by atoms with E-state index in [4.69, 9.17) is 11.6 Å². The van der Waals surface area contributed by atoms with Crippen molar-refractivity contribution in [2.75, 3.05) is 6.54 Å². The van der Waals surface area contributed by atoms with Gasteiger partial charge in [0, 0.05) is 16.5 Å². The van der Waals surface area contributed by atoms with Crippen LogP contribution in [0.15, 0.2) is 24.3 Å². The van der Waals surface area contributed by atoms with Crippen molar-refractivity contribution in [3.05, 3.63) is 34.9 Å². The molecule has 0 radical (unpaired) electrons. The summed E-state index contributed by atoms with van der Waals surface area (Å²) in [5.74, 6) is -7.39. The number of nitrogens with one attached hydrogen (secondary N) is 3. The fourth-order valence-electron chi connectivity index (χ4n) is 3.90. The van der Waals surface area contributed by atoms with Gasteiger partial charge in [-0.1, -0.05) is 43.6 Å². The molecule has 188 valence electrons. The van der Waals surface area contributed by atoms with Crippen LogP contribution in [-0.2, 0) is 15.2 Å². The van der Waals surface area contributed by atoms with E-state index in [2.05, 4.69) is 10.6 Å². The van der Waals surface area contributed by atoms with Crippen molar-refractivity contribution < 1.29 is 28.6 Å². The Morgan fingerprint density at radius 2 is 1.97 bits per heavy atom. The van der Waals surface area contributed by atoms with E-state index in [1.807, 2.05) is 11.4 Å². The number of benzene rings is 1. The first-order chi connectivity index (χ1) is 15.8. The Morgan fingerprint density at radius 3 is 2.50 bits per heavy atom. The highest BCUT2D eigenvalue weighted by Gasteiger charge is 2.57. The van der Waals surface area contributed by atoms with Gasteiger partial charge in [-0.05, 0) is 44.7 Å². The van der Waals surface area contributed by atoms with Crippen LogP contribution in [0.1, 0.15) is 45.6 Å². The Hall–Kier alpha value is -2.32. The highest BCUT2D eigenvalue weighted by molar-refractivity contribution is 6.31. The zero-order valence-corrected chi connectivity index (χ0v) is 20.1. The lowest BCUT2D eigenvalue weighted by Gasteiger charge is -2.33. The molecule has 0 saturated carbocycles. The number of nitrogens with zero attached hydrogens (tertiary/aromatic N) is 1. The number of alkyl halides is 2. The van der Waals surface area contributed by atoms with Gasteiger partial charge >= 0.3 is 5.92 Å². The smallest absolute Gasteiger partial charge is 0.356 e. The van der Waals surface area contributed by atoms with E-state index in [9.17, 15) is 25.1 Å². The van der Waals surface area contributed by atoms with Gasteiger partial charge in [-0.15, -0.1) is 0 Å². The third-order valence-corrected chi connectivity index (χ3v) is 6.28. The van der Waals surface area contributed by atoms with Crippen molar-refractivity contribution in [2.24, 2.45) is 11.8 Å². The maximum atomic E-state index is 15.1. The number of carbonyl (C=O) groups excluding carboxylic acids is 2. The Labute approximate surface area is 202 Å². The van der Waals surface area contributed by atoms with E-state index in [1.165, 1.54) is 24.3 Å². The first-order valence-electron chi connectivity index (χ1n) is 11.1. The van der Waals surface area contributed by atoms with Crippen LogP contribution in [0.2, 0.25) is 5.02 Å². The Morgan fingerprint density at radius 1 is 1.32 bits per heavy atom. The van der Waals surface area contributed by atoms with E-state index < -0.39 is 41.6 Å². The van der Waals surface area contributed by atoms with Crippen LogP contribution in [0.4, 0.5) is 8.78 Å². The first-order valence-corrected chi connectivity index (χ1v) is 11.5. The highest BCUT2D eigenvalue weighted by atomic mass is 35.5. The lowest BCUT2D eigenvalue weighted by Crippen LogP contribution is -2.59. The number of rotatable bonds is 10. The number of hydrogen-bond donors (Lipinski definition) is 5. The second-order valence-corrected chi connectivity index (χ2v) is 9.56. The van der Waals surface area contributed by atoms with Crippen LogP contribution < -0.4 is 16.0 Å². The number of amides is 2. The summed E-state index contributed by atoms with van der Waals surface area (Å²) in [6.45, 7) is 4.84. The molecule has 1 aliphatic heterocycles. The van der Waals surface area contributed by atoms with E-state index in [1.54, 1.807) is 13.8 Å². The average Bonchev–Trinajstić information content (AvgIpc) is 3.16. The molecule has 0 aliphatic carbocycles. The van der Waals surface area contributed by atoms with Gasteiger partial charge in [-0.3, -0.25) is 14.9 Å². The molecule has 0 bridgehead atoms. The van der Waals surface area contributed by atoms with Gasteiger partial charge in [0.2, 0.25) is 5.91 Å². The Bertz CT molecular complexity index is 922. The van der Waals surface area contributed by atoms with Crippen molar-refractivity contribution in [2.45, 2.75) is 69.9 Å².